The van der Waals surface area contributed by atoms with Crippen LogP contribution in [0.4, 0.5) is 17.1 Å². The summed E-state index contributed by atoms with van der Waals surface area (Å²) >= 11 is 0. The van der Waals surface area contributed by atoms with Crippen LogP contribution in [-0.4, -0.2) is 7.05 Å². The first-order valence-electron chi connectivity index (χ1n) is 10.7. The predicted molar refractivity (Wildman–Crippen MR) is 142 cm³/mol. The van der Waals surface area contributed by atoms with E-state index in [-0.39, 0.29) is 0 Å². The lowest BCUT2D eigenvalue weighted by molar-refractivity contribution is 1.21. The standard InChI is InChI=1S/C19H19N.C11H11N/c1-4-9-17(5-2)20(18-10-7-6-8-11-18)19-14-12-16(3)13-15-19;1-12-11-7-6-9-4-2-3-5-10(9)8-11/h4-15H,1-2H2,3H3;2-8,12H,1H3/b17-9+;. The Hall–Kier alpha value is -4.04. The number of anilines is 3. The molecule has 4 aromatic rings. The molecule has 160 valence electrons. The number of benzene rings is 4. The minimum absolute atomic E-state index is 0.995. The minimum atomic E-state index is 0.995. The fourth-order valence-electron chi connectivity index (χ4n) is 3.42. The summed E-state index contributed by atoms with van der Waals surface area (Å²) in [5.74, 6) is 0. The molecule has 2 heteroatoms. The first kappa shape index (κ1) is 22.6. The summed E-state index contributed by atoms with van der Waals surface area (Å²) in [5, 5.41) is 5.69. The van der Waals surface area contributed by atoms with Crippen LogP contribution in [0, 0.1) is 6.92 Å². The molecule has 2 nitrogen and oxygen atoms in total. The molecule has 0 heterocycles. The van der Waals surface area contributed by atoms with Crippen LogP contribution in [-0.2, 0) is 0 Å². The Balaban J connectivity index is 0.000000204. The van der Waals surface area contributed by atoms with E-state index in [2.05, 4.69) is 109 Å². The highest BCUT2D eigenvalue weighted by atomic mass is 15.1. The second-order valence-electron chi connectivity index (χ2n) is 7.35. The Morgan fingerprint density at radius 3 is 2.00 bits per heavy atom. The number of hydrogen-bond donors (Lipinski definition) is 1. The molecule has 0 bridgehead atoms. The average Bonchev–Trinajstić information content (AvgIpc) is 2.85. The van der Waals surface area contributed by atoms with Gasteiger partial charge in [-0.3, -0.25) is 0 Å². The Morgan fingerprint density at radius 1 is 0.750 bits per heavy atom. The smallest absolute Gasteiger partial charge is 0.0461 e. The molecule has 0 atom stereocenters. The Morgan fingerprint density at radius 2 is 1.38 bits per heavy atom. The molecule has 0 unspecified atom stereocenters. The Kier molecular flexibility index (Phi) is 8.05. The van der Waals surface area contributed by atoms with E-state index in [1.54, 1.807) is 6.08 Å². The van der Waals surface area contributed by atoms with Crippen molar-refractivity contribution < 1.29 is 0 Å². The van der Waals surface area contributed by atoms with E-state index in [9.17, 15) is 0 Å². The molecular weight excluding hydrogens is 388 g/mol. The molecule has 4 rings (SSSR count). The van der Waals surface area contributed by atoms with Gasteiger partial charge >= 0.3 is 0 Å². The summed E-state index contributed by atoms with van der Waals surface area (Å²) in [6.45, 7) is 9.78. The van der Waals surface area contributed by atoms with Gasteiger partial charge in [0.1, 0.15) is 0 Å². The molecule has 0 aliphatic heterocycles. The third-order valence-electron chi connectivity index (χ3n) is 5.10. The van der Waals surface area contributed by atoms with Crippen molar-refractivity contribution in [2.75, 3.05) is 17.3 Å². The maximum Gasteiger partial charge on any atom is 0.0461 e. The molecule has 0 radical (unpaired) electrons. The van der Waals surface area contributed by atoms with Crippen LogP contribution < -0.4 is 10.2 Å². The van der Waals surface area contributed by atoms with Crippen molar-refractivity contribution in [3.63, 3.8) is 0 Å². The molecule has 0 aliphatic rings. The van der Waals surface area contributed by atoms with Crippen molar-refractivity contribution in [2.24, 2.45) is 0 Å². The van der Waals surface area contributed by atoms with E-state index in [0.717, 1.165) is 22.8 Å². The lowest BCUT2D eigenvalue weighted by Crippen LogP contribution is -2.14. The van der Waals surface area contributed by atoms with Gasteiger partial charge in [-0.2, -0.15) is 0 Å². The Labute approximate surface area is 191 Å². The quantitative estimate of drug-likeness (QED) is 0.317. The number of hydrogen-bond acceptors (Lipinski definition) is 2. The zero-order chi connectivity index (χ0) is 22.8. The summed E-state index contributed by atoms with van der Waals surface area (Å²) in [6.07, 6.45) is 5.58. The maximum atomic E-state index is 3.91. The van der Waals surface area contributed by atoms with Crippen molar-refractivity contribution in [1.29, 1.82) is 0 Å². The normalized spacial score (nSPS) is 10.6. The molecule has 0 amide bonds. The van der Waals surface area contributed by atoms with Crippen molar-refractivity contribution >= 4 is 27.8 Å². The summed E-state index contributed by atoms with van der Waals surface area (Å²) in [4.78, 5) is 2.16. The van der Waals surface area contributed by atoms with Gasteiger partial charge in [0.25, 0.3) is 0 Å². The molecule has 0 aliphatic carbocycles. The fourth-order valence-corrected chi connectivity index (χ4v) is 3.42. The van der Waals surface area contributed by atoms with Gasteiger partial charge in [0.15, 0.2) is 0 Å². The van der Waals surface area contributed by atoms with E-state index < -0.39 is 0 Å². The van der Waals surface area contributed by atoms with E-state index in [0.29, 0.717) is 0 Å². The van der Waals surface area contributed by atoms with Crippen molar-refractivity contribution in [2.45, 2.75) is 6.92 Å². The number of fused-ring (bicyclic) bond motifs is 1. The zero-order valence-corrected chi connectivity index (χ0v) is 18.8. The van der Waals surface area contributed by atoms with Gasteiger partial charge < -0.3 is 10.2 Å². The number of nitrogens with zero attached hydrogens (tertiary/aromatic N) is 1. The highest BCUT2D eigenvalue weighted by Crippen LogP contribution is 2.30. The van der Waals surface area contributed by atoms with Gasteiger partial charge in [-0.15, -0.1) is 0 Å². The predicted octanol–water partition coefficient (Wildman–Crippen LogP) is 8.27. The number of aryl methyl sites for hydroxylation is 1. The lowest BCUT2D eigenvalue weighted by Gasteiger charge is -2.26. The molecule has 0 fully saturated rings. The number of nitrogens with one attached hydrogen (secondary N) is 1. The van der Waals surface area contributed by atoms with E-state index >= 15 is 0 Å². The molecule has 0 spiro atoms. The molecular formula is C30H30N2. The third-order valence-corrected chi connectivity index (χ3v) is 5.10. The van der Waals surface area contributed by atoms with Gasteiger partial charge in [0.2, 0.25) is 0 Å². The van der Waals surface area contributed by atoms with Crippen molar-refractivity contribution in [3.05, 3.63) is 140 Å². The van der Waals surface area contributed by atoms with Crippen LogP contribution in [0.1, 0.15) is 5.56 Å². The van der Waals surface area contributed by atoms with E-state index in [4.69, 9.17) is 0 Å². The molecule has 32 heavy (non-hydrogen) atoms. The number of para-hydroxylation sites is 1. The maximum absolute atomic E-state index is 3.91. The number of rotatable bonds is 6. The van der Waals surface area contributed by atoms with Crippen LogP contribution in [0.2, 0.25) is 0 Å². The average molecular weight is 419 g/mol. The van der Waals surface area contributed by atoms with Gasteiger partial charge in [0.05, 0.1) is 0 Å². The van der Waals surface area contributed by atoms with Crippen LogP contribution in [0.15, 0.2) is 134 Å². The van der Waals surface area contributed by atoms with Gasteiger partial charge in [-0.05, 0) is 66.2 Å². The fraction of sp³-hybridized carbons (Fsp3) is 0.0667. The highest BCUT2D eigenvalue weighted by Gasteiger charge is 2.11. The van der Waals surface area contributed by atoms with Crippen molar-refractivity contribution in [3.8, 4) is 0 Å². The van der Waals surface area contributed by atoms with Crippen LogP contribution in [0.5, 0.6) is 0 Å². The van der Waals surface area contributed by atoms with Gasteiger partial charge in [0, 0.05) is 29.8 Å². The minimum Gasteiger partial charge on any atom is -0.388 e. The largest absolute Gasteiger partial charge is 0.388 e. The van der Waals surface area contributed by atoms with Crippen molar-refractivity contribution in [1.82, 2.24) is 0 Å². The second-order valence-corrected chi connectivity index (χ2v) is 7.35. The molecule has 0 saturated heterocycles. The van der Waals surface area contributed by atoms with E-state index in [1.165, 1.54) is 16.3 Å². The summed E-state index contributed by atoms with van der Waals surface area (Å²) in [5.41, 5.74) is 5.61. The van der Waals surface area contributed by atoms with Gasteiger partial charge in [-0.25, -0.2) is 0 Å². The first-order valence-corrected chi connectivity index (χ1v) is 10.7. The van der Waals surface area contributed by atoms with Crippen LogP contribution in [0.3, 0.4) is 0 Å². The lowest BCUT2D eigenvalue weighted by atomic mass is 10.1. The second kappa shape index (κ2) is 11.4. The topological polar surface area (TPSA) is 15.3 Å². The third kappa shape index (κ3) is 5.77. The SMILES string of the molecule is C=C/C=C(\C=C)N(c1ccccc1)c1ccc(C)cc1.CNc1ccc2ccccc2c1. The van der Waals surface area contributed by atoms with Gasteiger partial charge in [-0.1, -0.05) is 85.5 Å². The van der Waals surface area contributed by atoms with Crippen LogP contribution >= 0.6 is 0 Å². The molecule has 4 aromatic carbocycles. The zero-order valence-electron chi connectivity index (χ0n) is 18.8. The van der Waals surface area contributed by atoms with E-state index in [1.807, 2.05) is 37.4 Å². The highest BCUT2D eigenvalue weighted by molar-refractivity contribution is 5.85. The summed E-state index contributed by atoms with van der Waals surface area (Å²) in [7, 11) is 1.93. The molecule has 0 saturated carbocycles. The number of allylic oxidation sites excluding steroid dienone is 3. The summed E-state index contributed by atoms with van der Waals surface area (Å²) < 4.78 is 0. The monoisotopic (exact) mass is 418 g/mol. The Bertz CT molecular complexity index is 1190. The summed E-state index contributed by atoms with van der Waals surface area (Å²) in [6, 6.07) is 33.4. The first-order chi connectivity index (χ1) is 15.7. The molecule has 0 aromatic heterocycles. The molecule has 1 N–H and O–H groups in total. The van der Waals surface area contributed by atoms with Crippen LogP contribution in [0.25, 0.3) is 10.8 Å².